The molecule has 0 aliphatic rings. The van der Waals surface area contributed by atoms with Crippen molar-refractivity contribution in [3.8, 4) is 17.3 Å². The van der Waals surface area contributed by atoms with Crippen molar-refractivity contribution in [2.45, 2.75) is 0 Å². The second kappa shape index (κ2) is 7.51. The minimum atomic E-state index is -0.567. The SMILES string of the molecule is N#Cc1c(-c2cccc(NC=O)c2)nc(Nc2ccc(Cl)cc2)[nH]c1=O. The number of carbonyl (C=O) groups is 1. The van der Waals surface area contributed by atoms with E-state index in [1.807, 2.05) is 6.07 Å². The highest BCUT2D eigenvalue weighted by molar-refractivity contribution is 6.30. The van der Waals surface area contributed by atoms with Crippen molar-refractivity contribution in [2.75, 3.05) is 10.6 Å². The van der Waals surface area contributed by atoms with Crippen molar-refractivity contribution in [1.29, 1.82) is 5.26 Å². The van der Waals surface area contributed by atoms with Crippen molar-refractivity contribution >= 4 is 35.3 Å². The van der Waals surface area contributed by atoms with Gasteiger partial charge in [0, 0.05) is 22.0 Å². The van der Waals surface area contributed by atoms with Gasteiger partial charge in [0.25, 0.3) is 5.56 Å². The molecule has 0 spiro atoms. The number of halogens is 1. The molecule has 1 amide bonds. The van der Waals surface area contributed by atoms with Gasteiger partial charge in [-0.05, 0) is 36.4 Å². The van der Waals surface area contributed by atoms with Gasteiger partial charge >= 0.3 is 0 Å². The van der Waals surface area contributed by atoms with Crippen LogP contribution in [0.25, 0.3) is 11.3 Å². The van der Waals surface area contributed by atoms with E-state index in [9.17, 15) is 14.9 Å². The highest BCUT2D eigenvalue weighted by Crippen LogP contribution is 2.24. The number of carbonyl (C=O) groups excluding carboxylic acids is 1. The summed E-state index contributed by atoms with van der Waals surface area (Å²) >= 11 is 5.86. The summed E-state index contributed by atoms with van der Waals surface area (Å²) in [6, 6.07) is 15.4. The zero-order valence-electron chi connectivity index (χ0n) is 13.3. The van der Waals surface area contributed by atoms with Crippen LogP contribution in [-0.2, 0) is 4.79 Å². The molecule has 0 radical (unpaired) electrons. The Morgan fingerprint density at radius 3 is 2.62 bits per heavy atom. The minimum Gasteiger partial charge on any atom is -0.329 e. The van der Waals surface area contributed by atoms with Crippen molar-refractivity contribution < 1.29 is 4.79 Å². The summed E-state index contributed by atoms with van der Waals surface area (Å²) < 4.78 is 0. The third-order valence-electron chi connectivity index (χ3n) is 3.50. The van der Waals surface area contributed by atoms with Gasteiger partial charge in [-0.2, -0.15) is 5.26 Å². The van der Waals surface area contributed by atoms with E-state index in [2.05, 4.69) is 20.6 Å². The van der Waals surface area contributed by atoms with Crippen LogP contribution in [0.15, 0.2) is 53.3 Å². The van der Waals surface area contributed by atoms with Crippen LogP contribution < -0.4 is 16.2 Å². The maximum absolute atomic E-state index is 12.3. The average Bonchev–Trinajstić information content (AvgIpc) is 2.64. The highest BCUT2D eigenvalue weighted by atomic mass is 35.5. The Balaban J connectivity index is 2.06. The molecule has 0 fully saturated rings. The molecule has 7 nitrogen and oxygen atoms in total. The standard InChI is InChI=1S/C18H12ClN5O2/c19-12-4-6-13(7-5-12)22-18-23-16(15(9-20)17(26)24-18)11-2-1-3-14(8-11)21-10-25/h1-8,10H,(H,21,25)(H2,22,23,24,26). The summed E-state index contributed by atoms with van der Waals surface area (Å²) in [5, 5.41) is 15.4. The zero-order chi connectivity index (χ0) is 18.5. The van der Waals surface area contributed by atoms with Gasteiger partial charge in [-0.3, -0.25) is 14.6 Å². The fourth-order valence-electron chi connectivity index (χ4n) is 2.34. The topological polar surface area (TPSA) is 111 Å². The number of hydrogen-bond acceptors (Lipinski definition) is 5. The van der Waals surface area contributed by atoms with Crippen LogP contribution in [0.4, 0.5) is 17.3 Å². The van der Waals surface area contributed by atoms with E-state index >= 15 is 0 Å². The summed E-state index contributed by atoms with van der Waals surface area (Å²) in [7, 11) is 0. The molecule has 8 heteroatoms. The number of nitrogens with zero attached hydrogens (tertiary/aromatic N) is 2. The molecule has 128 valence electrons. The molecule has 26 heavy (non-hydrogen) atoms. The van der Waals surface area contributed by atoms with E-state index < -0.39 is 5.56 Å². The second-order valence-electron chi connectivity index (χ2n) is 5.22. The van der Waals surface area contributed by atoms with E-state index in [4.69, 9.17) is 11.6 Å². The third-order valence-corrected chi connectivity index (χ3v) is 3.75. The van der Waals surface area contributed by atoms with E-state index in [1.165, 1.54) is 0 Å². The number of hydrogen-bond donors (Lipinski definition) is 3. The second-order valence-corrected chi connectivity index (χ2v) is 5.66. The van der Waals surface area contributed by atoms with Gasteiger partial charge in [-0.1, -0.05) is 23.7 Å². The summed E-state index contributed by atoms with van der Waals surface area (Å²) in [6.07, 6.45) is 0.545. The number of rotatable bonds is 5. The van der Waals surface area contributed by atoms with Crippen LogP contribution in [-0.4, -0.2) is 16.4 Å². The smallest absolute Gasteiger partial charge is 0.270 e. The number of benzene rings is 2. The predicted molar refractivity (Wildman–Crippen MR) is 99.4 cm³/mol. The van der Waals surface area contributed by atoms with Crippen molar-refractivity contribution in [2.24, 2.45) is 0 Å². The fourth-order valence-corrected chi connectivity index (χ4v) is 2.47. The first-order chi connectivity index (χ1) is 12.6. The first-order valence-corrected chi connectivity index (χ1v) is 7.86. The molecular weight excluding hydrogens is 354 g/mol. The molecule has 0 aliphatic heterocycles. The molecule has 0 bridgehead atoms. The van der Waals surface area contributed by atoms with Crippen LogP contribution in [0.1, 0.15) is 5.56 Å². The first kappa shape index (κ1) is 17.2. The molecule has 1 heterocycles. The molecule has 2 aromatic carbocycles. The van der Waals surface area contributed by atoms with E-state index in [-0.39, 0.29) is 17.2 Å². The van der Waals surface area contributed by atoms with Crippen LogP contribution in [0, 0.1) is 11.3 Å². The molecule has 0 unspecified atom stereocenters. The lowest BCUT2D eigenvalue weighted by Crippen LogP contribution is -2.16. The number of anilines is 3. The lowest BCUT2D eigenvalue weighted by molar-refractivity contribution is -0.105. The molecule has 3 aromatic rings. The Morgan fingerprint density at radius 2 is 1.92 bits per heavy atom. The third kappa shape index (κ3) is 3.71. The first-order valence-electron chi connectivity index (χ1n) is 7.48. The normalized spacial score (nSPS) is 10.0. The van der Waals surface area contributed by atoms with Gasteiger partial charge in [0.15, 0.2) is 0 Å². The maximum Gasteiger partial charge on any atom is 0.270 e. The van der Waals surface area contributed by atoms with Crippen LogP contribution in [0.3, 0.4) is 0 Å². The van der Waals surface area contributed by atoms with Gasteiger partial charge < -0.3 is 10.6 Å². The molecule has 3 N–H and O–H groups in total. The highest BCUT2D eigenvalue weighted by Gasteiger charge is 2.14. The Kier molecular flexibility index (Phi) is 4.97. The molecular formula is C18H12ClN5O2. The fraction of sp³-hybridized carbons (Fsp3) is 0. The number of aromatic nitrogens is 2. The number of H-pyrrole nitrogens is 1. The lowest BCUT2D eigenvalue weighted by Gasteiger charge is -2.10. The molecule has 3 rings (SSSR count). The Morgan fingerprint density at radius 1 is 1.15 bits per heavy atom. The van der Waals surface area contributed by atoms with E-state index in [0.29, 0.717) is 28.4 Å². The number of nitrogens with one attached hydrogen (secondary N) is 3. The van der Waals surface area contributed by atoms with Crippen LogP contribution in [0.2, 0.25) is 5.02 Å². The summed E-state index contributed by atoms with van der Waals surface area (Å²) in [5.41, 5.74) is 1.25. The average molecular weight is 366 g/mol. The zero-order valence-corrected chi connectivity index (χ0v) is 14.0. The van der Waals surface area contributed by atoms with E-state index in [1.54, 1.807) is 48.5 Å². The number of amides is 1. The summed E-state index contributed by atoms with van der Waals surface area (Å²) in [4.78, 5) is 29.8. The van der Waals surface area contributed by atoms with Gasteiger partial charge in [-0.15, -0.1) is 0 Å². The molecule has 0 aliphatic carbocycles. The summed E-state index contributed by atoms with van der Waals surface area (Å²) in [5.74, 6) is 0.181. The van der Waals surface area contributed by atoms with E-state index in [0.717, 1.165) is 0 Å². The Bertz CT molecular complexity index is 1050. The molecule has 0 saturated carbocycles. The summed E-state index contributed by atoms with van der Waals surface area (Å²) in [6.45, 7) is 0. The van der Waals surface area contributed by atoms with Crippen molar-refractivity contribution in [3.63, 3.8) is 0 Å². The van der Waals surface area contributed by atoms with Gasteiger partial charge in [0.05, 0.1) is 5.69 Å². The van der Waals surface area contributed by atoms with Crippen LogP contribution >= 0.6 is 11.6 Å². The van der Waals surface area contributed by atoms with Gasteiger partial charge in [0.1, 0.15) is 11.6 Å². The Labute approximate surface area is 153 Å². The monoisotopic (exact) mass is 365 g/mol. The molecule has 0 atom stereocenters. The number of aromatic amines is 1. The molecule has 1 aromatic heterocycles. The largest absolute Gasteiger partial charge is 0.329 e. The minimum absolute atomic E-state index is 0.116. The number of nitriles is 1. The van der Waals surface area contributed by atoms with Crippen molar-refractivity contribution in [1.82, 2.24) is 9.97 Å². The van der Waals surface area contributed by atoms with Gasteiger partial charge in [0.2, 0.25) is 12.4 Å². The quantitative estimate of drug-likeness (QED) is 0.601. The lowest BCUT2D eigenvalue weighted by atomic mass is 10.1. The van der Waals surface area contributed by atoms with Crippen LogP contribution in [0.5, 0.6) is 0 Å². The maximum atomic E-state index is 12.3. The van der Waals surface area contributed by atoms with Gasteiger partial charge in [-0.25, -0.2) is 4.98 Å². The van der Waals surface area contributed by atoms with Crippen molar-refractivity contribution in [3.05, 3.63) is 69.5 Å². The molecule has 0 saturated heterocycles. The predicted octanol–water partition coefficient (Wildman–Crippen LogP) is 3.27. The Hall–Kier alpha value is -3.63.